The Morgan fingerprint density at radius 1 is 1.03 bits per heavy atom. The van der Waals surface area contributed by atoms with E-state index in [0.29, 0.717) is 23.7 Å². The summed E-state index contributed by atoms with van der Waals surface area (Å²) in [6, 6.07) is 13.1. The first-order valence-corrected chi connectivity index (χ1v) is 12.6. The highest BCUT2D eigenvalue weighted by Gasteiger charge is 2.26. The fraction of sp³-hybridized carbons (Fsp3) is 0.364. The number of benzene rings is 2. The Morgan fingerprint density at radius 3 is 2.43 bits per heavy atom. The van der Waals surface area contributed by atoms with Crippen LogP contribution in [0.1, 0.15) is 36.0 Å². The zero-order chi connectivity index (χ0) is 21.1. The number of nitrogens with zero attached hydrogens (tertiary/aromatic N) is 3. The van der Waals surface area contributed by atoms with Crippen molar-refractivity contribution >= 4 is 38.4 Å². The number of amidine groups is 1. The van der Waals surface area contributed by atoms with E-state index in [0.717, 1.165) is 47.0 Å². The lowest BCUT2D eigenvalue weighted by atomic mass is 10.1. The molecule has 0 bridgehead atoms. The Hall–Kier alpha value is -2.16. The predicted molar refractivity (Wildman–Crippen MR) is 124 cm³/mol. The number of aliphatic imine (C=N–C) groups is 1. The summed E-state index contributed by atoms with van der Waals surface area (Å²) in [4.78, 5) is 5.03. The second-order valence-electron chi connectivity index (χ2n) is 7.58. The van der Waals surface area contributed by atoms with Crippen LogP contribution in [0.3, 0.4) is 0 Å². The third-order valence-electron chi connectivity index (χ3n) is 5.57. The first-order chi connectivity index (χ1) is 14.4. The zero-order valence-corrected chi connectivity index (χ0v) is 18.9. The summed E-state index contributed by atoms with van der Waals surface area (Å²) in [5.41, 5.74) is 8.14. The van der Waals surface area contributed by atoms with E-state index in [4.69, 9.17) is 0 Å². The molecule has 2 aromatic rings. The van der Waals surface area contributed by atoms with Gasteiger partial charge in [-0.3, -0.25) is 5.43 Å². The van der Waals surface area contributed by atoms with E-state index in [1.54, 1.807) is 28.2 Å². The second kappa shape index (κ2) is 8.91. The van der Waals surface area contributed by atoms with Crippen molar-refractivity contribution in [1.29, 1.82) is 0 Å². The van der Waals surface area contributed by atoms with Crippen LogP contribution in [0.2, 0.25) is 0 Å². The Morgan fingerprint density at radius 2 is 1.77 bits per heavy atom. The lowest BCUT2D eigenvalue weighted by Gasteiger charge is -2.26. The number of rotatable bonds is 4. The SMILES string of the molecule is Cc1cccc(N=C2NN=C(c3ccc(S(=O)(=O)N4CCCCC4)cc3)CS2)c1C. The minimum absolute atomic E-state index is 0.349. The molecule has 0 amide bonds. The molecule has 0 saturated carbocycles. The summed E-state index contributed by atoms with van der Waals surface area (Å²) in [6.07, 6.45) is 2.97. The first-order valence-electron chi connectivity index (χ1n) is 10.2. The fourth-order valence-electron chi connectivity index (χ4n) is 3.56. The molecule has 30 heavy (non-hydrogen) atoms. The van der Waals surface area contributed by atoms with Crippen LogP contribution < -0.4 is 5.43 Å². The molecule has 0 aromatic heterocycles. The van der Waals surface area contributed by atoms with Crippen LogP contribution in [-0.4, -0.2) is 42.4 Å². The Bertz CT molecular complexity index is 1090. The number of piperidine rings is 1. The van der Waals surface area contributed by atoms with Crippen LogP contribution in [0, 0.1) is 13.8 Å². The van der Waals surface area contributed by atoms with Gasteiger partial charge in [0, 0.05) is 18.8 Å². The van der Waals surface area contributed by atoms with Crippen LogP contribution >= 0.6 is 11.8 Å². The number of hydrazone groups is 1. The third-order valence-corrected chi connectivity index (χ3v) is 8.36. The summed E-state index contributed by atoms with van der Waals surface area (Å²) in [5, 5.41) is 5.23. The van der Waals surface area contributed by atoms with Gasteiger partial charge in [-0.25, -0.2) is 13.4 Å². The molecular formula is C22H26N4O2S2. The van der Waals surface area contributed by atoms with Crippen molar-refractivity contribution in [3.8, 4) is 0 Å². The third kappa shape index (κ3) is 4.45. The second-order valence-corrected chi connectivity index (χ2v) is 10.5. The molecule has 0 spiro atoms. The number of thioether (sulfide) groups is 1. The van der Waals surface area contributed by atoms with E-state index >= 15 is 0 Å². The van der Waals surface area contributed by atoms with Crippen molar-refractivity contribution < 1.29 is 8.42 Å². The maximum Gasteiger partial charge on any atom is 0.243 e. The van der Waals surface area contributed by atoms with Gasteiger partial charge in [-0.2, -0.15) is 9.41 Å². The molecule has 0 atom stereocenters. The molecular weight excluding hydrogens is 416 g/mol. The van der Waals surface area contributed by atoms with Crippen LogP contribution in [0.5, 0.6) is 0 Å². The lowest BCUT2D eigenvalue weighted by Crippen LogP contribution is -2.35. The number of hydrogen-bond donors (Lipinski definition) is 1. The van der Waals surface area contributed by atoms with Crippen molar-refractivity contribution in [1.82, 2.24) is 9.73 Å². The van der Waals surface area contributed by atoms with Crippen molar-refractivity contribution in [2.45, 2.75) is 38.0 Å². The van der Waals surface area contributed by atoms with Gasteiger partial charge in [0.2, 0.25) is 10.0 Å². The molecule has 0 radical (unpaired) electrons. The number of sulfonamides is 1. The van der Waals surface area contributed by atoms with E-state index in [1.165, 1.54) is 5.56 Å². The lowest BCUT2D eigenvalue weighted by molar-refractivity contribution is 0.346. The van der Waals surface area contributed by atoms with Gasteiger partial charge in [-0.1, -0.05) is 42.4 Å². The van der Waals surface area contributed by atoms with Crippen LogP contribution in [0.15, 0.2) is 57.5 Å². The van der Waals surface area contributed by atoms with E-state index in [-0.39, 0.29) is 0 Å². The van der Waals surface area contributed by atoms with Crippen molar-refractivity contribution in [3.63, 3.8) is 0 Å². The van der Waals surface area contributed by atoms with Crippen molar-refractivity contribution in [3.05, 3.63) is 59.2 Å². The average Bonchev–Trinajstić information content (AvgIpc) is 2.78. The molecule has 158 valence electrons. The molecule has 2 aliphatic rings. The number of hydrogen-bond acceptors (Lipinski definition) is 5. The molecule has 6 nitrogen and oxygen atoms in total. The molecule has 1 N–H and O–H groups in total. The molecule has 4 rings (SSSR count). The topological polar surface area (TPSA) is 74.1 Å². The van der Waals surface area contributed by atoms with Gasteiger partial charge in [0.05, 0.1) is 16.3 Å². The van der Waals surface area contributed by atoms with E-state index in [2.05, 4.69) is 35.4 Å². The summed E-state index contributed by atoms with van der Waals surface area (Å²) < 4.78 is 27.2. The van der Waals surface area contributed by atoms with E-state index in [9.17, 15) is 8.42 Å². The minimum Gasteiger partial charge on any atom is -0.255 e. The molecule has 8 heteroatoms. The number of aryl methyl sites for hydroxylation is 1. The van der Waals surface area contributed by atoms with E-state index < -0.39 is 10.0 Å². The van der Waals surface area contributed by atoms with Gasteiger partial charge in [0.25, 0.3) is 0 Å². The maximum atomic E-state index is 12.8. The van der Waals surface area contributed by atoms with Crippen molar-refractivity contribution in [2.24, 2.45) is 10.1 Å². The highest BCUT2D eigenvalue weighted by molar-refractivity contribution is 8.14. The quantitative estimate of drug-likeness (QED) is 0.770. The van der Waals surface area contributed by atoms with Gasteiger partial charge >= 0.3 is 0 Å². The molecule has 2 aliphatic heterocycles. The molecule has 2 heterocycles. The maximum absolute atomic E-state index is 12.8. The van der Waals surface area contributed by atoms with Crippen LogP contribution in [0.25, 0.3) is 0 Å². The standard InChI is InChI=1S/C22H26N4O2S2/c1-16-7-6-8-20(17(16)2)23-22-25-24-21(15-29-22)18-9-11-19(12-10-18)30(27,28)26-13-4-3-5-14-26/h6-12H,3-5,13-15H2,1-2H3,(H,23,25). The molecule has 2 aromatic carbocycles. The van der Waals surface area contributed by atoms with Gasteiger partial charge < -0.3 is 0 Å². The average molecular weight is 443 g/mol. The highest BCUT2D eigenvalue weighted by Crippen LogP contribution is 2.25. The van der Waals surface area contributed by atoms with Gasteiger partial charge in [-0.15, -0.1) is 0 Å². The Kier molecular flexibility index (Phi) is 6.26. The summed E-state index contributed by atoms with van der Waals surface area (Å²) in [7, 11) is -3.41. The largest absolute Gasteiger partial charge is 0.255 e. The normalized spacial score (nSPS) is 19.4. The first kappa shape index (κ1) is 21.1. The molecule has 0 aliphatic carbocycles. The number of nitrogens with one attached hydrogen (secondary N) is 1. The van der Waals surface area contributed by atoms with Crippen LogP contribution in [0.4, 0.5) is 5.69 Å². The van der Waals surface area contributed by atoms with Gasteiger partial charge in [0.1, 0.15) is 0 Å². The predicted octanol–water partition coefficient (Wildman–Crippen LogP) is 4.21. The Labute approximate surface area is 182 Å². The Balaban J connectivity index is 1.48. The highest BCUT2D eigenvalue weighted by atomic mass is 32.2. The van der Waals surface area contributed by atoms with Crippen LogP contribution in [-0.2, 0) is 10.0 Å². The van der Waals surface area contributed by atoms with E-state index in [1.807, 2.05) is 24.3 Å². The molecule has 1 fully saturated rings. The van der Waals surface area contributed by atoms with Gasteiger partial charge in [0.15, 0.2) is 5.17 Å². The molecule has 0 unspecified atom stereocenters. The minimum atomic E-state index is -3.41. The molecule has 1 saturated heterocycles. The summed E-state index contributed by atoms with van der Waals surface area (Å²) in [5.74, 6) is 0.676. The smallest absolute Gasteiger partial charge is 0.243 e. The van der Waals surface area contributed by atoms with Crippen molar-refractivity contribution in [2.75, 3.05) is 18.8 Å². The summed E-state index contributed by atoms with van der Waals surface area (Å²) in [6.45, 7) is 5.36. The zero-order valence-electron chi connectivity index (χ0n) is 17.3. The fourth-order valence-corrected chi connectivity index (χ4v) is 5.86. The summed E-state index contributed by atoms with van der Waals surface area (Å²) >= 11 is 1.59. The van der Waals surface area contributed by atoms with Gasteiger partial charge in [-0.05, 0) is 61.6 Å². The monoisotopic (exact) mass is 442 g/mol.